The van der Waals surface area contributed by atoms with Crippen LogP contribution in [-0.4, -0.2) is 0 Å². The van der Waals surface area contributed by atoms with E-state index in [0.717, 1.165) is 5.56 Å². The summed E-state index contributed by atoms with van der Waals surface area (Å²) in [7, 11) is 0. The summed E-state index contributed by atoms with van der Waals surface area (Å²) in [6.07, 6.45) is 0. The summed E-state index contributed by atoms with van der Waals surface area (Å²) in [6.45, 7) is 3.70. The van der Waals surface area contributed by atoms with E-state index in [1.807, 2.05) is 13.0 Å². The largest absolute Gasteiger partial charge is 0.457 e. The maximum atomic E-state index is 13.3. The van der Waals surface area contributed by atoms with Crippen LogP contribution in [0.2, 0.25) is 5.02 Å². The predicted octanol–water partition coefficient (Wildman–Crippen LogP) is 4.60. The highest BCUT2D eigenvalue weighted by Gasteiger charge is 2.11. The summed E-state index contributed by atoms with van der Waals surface area (Å²) < 4.78 is 19.1. The lowest BCUT2D eigenvalue weighted by Crippen LogP contribution is -2.07. The summed E-state index contributed by atoms with van der Waals surface area (Å²) in [4.78, 5) is 0. The zero-order chi connectivity index (χ0) is 14.0. The lowest BCUT2D eigenvalue weighted by molar-refractivity contribution is 0.466. The van der Waals surface area contributed by atoms with Gasteiger partial charge in [0.2, 0.25) is 0 Å². The molecule has 2 aromatic rings. The summed E-state index contributed by atoms with van der Waals surface area (Å²) in [5.41, 5.74) is 7.41. The van der Waals surface area contributed by atoms with Gasteiger partial charge in [0.05, 0.1) is 0 Å². The Morgan fingerprint density at radius 2 is 1.89 bits per heavy atom. The molecule has 0 spiro atoms. The molecular weight excluding hydrogens is 265 g/mol. The number of aryl methyl sites for hydroxylation is 1. The van der Waals surface area contributed by atoms with Crippen LogP contribution in [0.5, 0.6) is 11.5 Å². The predicted molar refractivity (Wildman–Crippen MR) is 75.3 cm³/mol. The third-order valence-corrected chi connectivity index (χ3v) is 3.07. The summed E-state index contributed by atoms with van der Waals surface area (Å²) in [6, 6.07) is 9.39. The first-order valence-electron chi connectivity index (χ1n) is 5.96. The fraction of sp³-hybridized carbons (Fsp3) is 0.200. The number of nitrogens with two attached hydrogens (primary N) is 1. The van der Waals surface area contributed by atoms with E-state index < -0.39 is 0 Å². The average molecular weight is 280 g/mol. The van der Waals surface area contributed by atoms with Crippen molar-refractivity contribution in [2.75, 3.05) is 0 Å². The van der Waals surface area contributed by atoms with Crippen molar-refractivity contribution in [3.8, 4) is 11.5 Å². The van der Waals surface area contributed by atoms with Gasteiger partial charge in [-0.25, -0.2) is 4.39 Å². The summed E-state index contributed by atoms with van der Waals surface area (Å²) in [5, 5.41) is 0.588. The Morgan fingerprint density at radius 1 is 1.16 bits per heavy atom. The van der Waals surface area contributed by atoms with Gasteiger partial charge < -0.3 is 10.5 Å². The molecule has 0 aliphatic carbocycles. The molecule has 0 radical (unpaired) electrons. The van der Waals surface area contributed by atoms with Crippen molar-refractivity contribution < 1.29 is 9.13 Å². The molecule has 1 atom stereocenters. The van der Waals surface area contributed by atoms with Gasteiger partial charge in [-0.1, -0.05) is 17.7 Å². The summed E-state index contributed by atoms with van der Waals surface area (Å²) >= 11 is 5.95. The molecule has 2 rings (SSSR count). The minimum Gasteiger partial charge on any atom is -0.457 e. The second-order valence-electron chi connectivity index (χ2n) is 4.48. The average Bonchev–Trinajstić information content (AvgIpc) is 2.35. The number of ether oxygens (including phenoxy) is 1. The molecule has 0 saturated heterocycles. The second-order valence-corrected chi connectivity index (χ2v) is 4.92. The molecule has 2 N–H and O–H groups in total. The lowest BCUT2D eigenvalue weighted by Gasteiger charge is -2.15. The third-order valence-electron chi connectivity index (χ3n) is 2.83. The van der Waals surface area contributed by atoms with Crippen molar-refractivity contribution in [3.05, 3.63) is 58.4 Å². The van der Waals surface area contributed by atoms with E-state index in [-0.39, 0.29) is 11.9 Å². The van der Waals surface area contributed by atoms with Crippen LogP contribution in [0.25, 0.3) is 0 Å². The van der Waals surface area contributed by atoms with E-state index in [4.69, 9.17) is 22.1 Å². The van der Waals surface area contributed by atoms with Gasteiger partial charge in [0.25, 0.3) is 0 Å². The minimum absolute atomic E-state index is 0.315. The van der Waals surface area contributed by atoms with E-state index >= 15 is 0 Å². The van der Waals surface area contributed by atoms with Gasteiger partial charge in [-0.3, -0.25) is 0 Å². The second kappa shape index (κ2) is 5.59. The van der Waals surface area contributed by atoms with Crippen LogP contribution in [0, 0.1) is 12.7 Å². The topological polar surface area (TPSA) is 35.2 Å². The van der Waals surface area contributed by atoms with Gasteiger partial charge >= 0.3 is 0 Å². The number of benzene rings is 2. The summed E-state index contributed by atoms with van der Waals surface area (Å²) in [5.74, 6) is 0.852. The Morgan fingerprint density at radius 3 is 2.58 bits per heavy atom. The molecule has 2 aromatic carbocycles. The van der Waals surface area contributed by atoms with Crippen molar-refractivity contribution in [2.45, 2.75) is 19.9 Å². The third kappa shape index (κ3) is 3.25. The highest BCUT2D eigenvalue weighted by atomic mass is 35.5. The van der Waals surface area contributed by atoms with Crippen LogP contribution >= 0.6 is 11.6 Å². The Hall–Kier alpha value is -1.58. The molecule has 2 nitrogen and oxygen atoms in total. The number of halogens is 2. The SMILES string of the molecule is Cc1ccc(Cl)cc1Oc1ccc(F)cc1C(C)N. The monoisotopic (exact) mass is 279 g/mol. The number of hydrogen-bond acceptors (Lipinski definition) is 2. The highest BCUT2D eigenvalue weighted by molar-refractivity contribution is 6.30. The van der Waals surface area contributed by atoms with Gasteiger partial charge in [-0.15, -0.1) is 0 Å². The van der Waals surface area contributed by atoms with Gasteiger partial charge in [-0.05, 0) is 49.7 Å². The molecule has 1 unspecified atom stereocenters. The fourth-order valence-corrected chi connectivity index (χ4v) is 1.93. The molecule has 100 valence electrons. The molecular formula is C15H15ClFNO. The van der Waals surface area contributed by atoms with E-state index in [9.17, 15) is 4.39 Å². The molecule has 0 aromatic heterocycles. The van der Waals surface area contributed by atoms with Crippen LogP contribution in [0.3, 0.4) is 0 Å². The van der Waals surface area contributed by atoms with Crippen molar-refractivity contribution in [1.29, 1.82) is 0 Å². The van der Waals surface area contributed by atoms with Crippen LogP contribution in [0.15, 0.2) is 36.4 Å². The molecule has 4 heteroatoms. The standard InChI is InChI=1S/C15H15ClFNO/c1-9-3-4-11(16)7-15(9)19-14-6-5-12(17)8-13(14)10(2)18/h3-8,10H,18H2,1-2H3. The number of rotatable bonds is 3. The Bertz CT molecular complexity index is 599. The van der Waals surface area contributed by atoms with Gasteiger partial charge in [0.15, 0.2) is 0 Å². The van der Waals surface area contributed by atoms with Gasteiger partial charge in [0.1, 0.15) is 17.3 Å². The zero-order valence-electron chi connectivity index (χ0n) is 10.8. The lowest BCUT2D eigenvalue weighted by atomic mass is 10.1. The Balaban J connectivity index is 2.40. The molecule has 0 heterocycles. The molecule has 0 bridgehead atoms. The minimum atomic E-state index is -0.331. The molecule has 19 heavy (non-hydrogen) atoms. The smallest absolute Gasteiger partial charge is 0.132 e. The van der Waals surface area contributed by atoms with E-state index in [1.165, 1.54) is 12.1 Å². The molecule has 0 aliphatic heterocycles. The van der Waals surface area contributed by atoms with Gasteiger partial charge in [0, 0.05) is 16.6 Å². The molecule has 0 aliphatic rings. The number of hydrogen-bond donors (Lipinski definition) is 1. The van der Waals surface area contributed by atoms with Crippen LogP contribution in [0.4, 0.5) is 4.39 Å². The molecule has 0 amide bonds. The molecule has 0 saturated carbocycles. The Labute approximate surface area is 117 Å². The van der Waals surface area contributed by atoms with Crippen molar-refractivity contribution in [1.82, 2.24) is 0 Å². The van der Waals surface area contributed by atoms with E-state index in [1.54, 1.807) is 25.1 Å². The van der Waals surface area contributed by atoms with E-state index in [2.05, 4.69) is 0 Å². The fourth-order valence-electron chi connectivity index (χ4n) is 1.77. The molecule has 0 fully saturated rings. The van der Waals surface area contributed by atoms with Crippen molar-refractivity contribution in [3.63, 3.8) is 0 Å². The normalized spacial score (nSPS) is 12.3. The maximum absolute atomic E-state index is 13.3. The highest BCUT2D eigenvalue weighted by Crippen LogP contribution is 2.32. The zero-order valence-corrected chi connectivity index (χ0v) is 11.5. The first-order chi connectivity index (χ1) is 8.97. The first-order valence-corrected chi connectivity index (χ1v) is 6.34. The quantitative estimate of drug-likeness (QED) is 0.891. The Kier molecular flexibility index (Phi) is 4.08. The maximum Gasteiger partial charge on any atom is 0.132 e. The van der Waals surface area contributed by atoms with Gasteiger partial charge in [-0.2, -0.15) is 0 Å². The van der Waals surface area contributed by atoms with Crippen molar-refractivity contribution >= 4 is 11.6 Å². The van der Waals surface area contributed by atoms with Crippen LogP contribution < -0.4 is 10.5 Å². The van der Waals surface area contributed by atoms with Crippen molar-refractivity contribution in [2.24, 2.45) is 5.73 Å². The van der Waals surface area contributed by atoms with E-state index in [0.29, 0.717) is 22.1 Å². The van der Waals surface area contributed by atoms with Crippen LogP contribution in [0.1, 0.15) is 24.1 Å². The van der Waals surface area contributed by atoms with Crippen LogP contribution in [-0.2, 0) is 0 Å². The first kappa shape index (κ1) is 13.8.